The van der Waals surface area contributed by atoms with Crippen LogP contribution in [0, 0.1) is 5.82 Å². The van der Waals surface area contributed by atoms with Crippen LogP contribution in [0.5, 0.6) is 0 Å². The van der Waals surface area contributed by atoms with Crippen molar-refractivity contribution in [3.8, 4) is 0 Å². The van der Waals surface area contributed by atoms with Crippen LogP contribution < -0.4 is 5.32 Å². The predicted octanol–water partition coefficient (Wildman–Crippen LogP) is 3.09. The Bertz CT molecular complexity index is 823. The summed E-state index contributed by atoms with van der Waals surface area (Å²) >= 11 is 0. The van der Waals surface area contributed by atoms with Gasteiger partial charge < -0.3 is 10.2 Å². The lowest BCUT2D eigenvalue weighted by molar-refractivity contribution is 0.0953. The van der Waals surface area contributed by atoms with E-state index in [1.54, 1.807) is 43.3 Å². The number of likely N-dealkylation sites (N-methyl/N-ethyl adjacent to an activating group) is 1. The van der Waals surface area contributed by atoms with Crippen molar-refractivity contribution in [2.45, 2.75) is 0 Å². The molecule has 0 unspecified atom stereocenters. The Labute approximate surface area is 133 Å². The molecular formula is C18H15FN2O2. The maximum Gasteiger partial charge on any atom is 0.212 e. The van der Waals surface area contributed by atoms with Crippen molar-refractivity contribution in [1.82, 2.24) is 4.90 Å². The number of carbonyl (C=O) groups excluding carboxylic acids is 2. The Morgan fingerprint density at radius 1 is 0.870 bits per heavy atom. The van der Waals surface area contributed by atoms with E-state index in [0.29, 0.717) is 16.8 Å². The Kier molecular flexibility index (Phi) is 3.70. The third kappa shape index (κ3) is 2.61. The second kappa shape index (κ2) is 5.68. The number of benzene rings is 2. The smallest absolute Gasteiger partial charge is 0.212 e. The van der Waals surface area contributed by atoms with Crippen LogP contribution in [0.25, 0.3) is 0 Å². The molecule has 3 rings (SSSR count). The highest BCUT2D eigenvalue weighted by Crippen LogP contribution is 2.28. The highest BCUT2D eigenvalue weighted by Gasteiger charge is 2.33. The van der Waals surface area contributed by atoms with Gasteiger partial charge in [-0.2, -0.15) is 0 Å². The van der Waals surface area contributed by atoms with Crippen LogP contribution >= 0.6 is 0 Å². The molecule has 4 nitrogen and oxygen atoms in total. The van der Waals surface area contributed by atoms with Gasteiger partial charge in [-0.1, -0.05) is 24.3 Å². The van der Waals surface area contributed by atoms with Gasteiger partial charge in [-0.3, -0.25) is 9.59 Å². The lowest BCUT2D eigenvalue weighted by atomic mass is 9.89. The lowest BCUT2D eigenvalue weighted by Gasteiger charge is -2.26. The average Bonchev–Trinajstić information content (AvgIpc) is 2.54. The van der Waals surface area contributed by atoms with Gasteiger partial charge in [0.25, 0.3) is 0 Å². The number of ketones is 2. The zero-order valence-corrected chi connectivity index (χ0v) is 12.8. The molecule has 0 fully saturated rings. The first-order chi connectivity index (χ1) is 11.0. The quantitative estimate of drug-likeness (QED) is 0.946. The molecule has 0 saturated carbocycles. The second-order valence-electron chi connectivity index (χ2n) is 5.45. The maximum absolute atomic E-state index is 13.0. The second-order valence-corrected chi connectivity index (χ2v) is 5.45. The van der Waals surface area contributed by atoms with Gasteiger partial charge >= 0.3 is 0 Å². The van der Waals surface area contributed by atoms with Crippen LogP contribution in [0.4, 0.5) is 10.1 Å². The van der Waals surface area contributed by atoms with Crippen molar-refractivity contribution in [2.24, 2.45) is 0 Å². The van der Waals surface area contributed by atoms with Gasteiger partial charge in [-0.05, 0) is 24.3 Å². The molecule has 0 aliphatic heterocycles. The summed E-state index contributed by atoms with van der Waals surface area (Å²) in [5, 5.41) is 2.96. The minimum absolute atomic E-state index is 0.199. The zero-order chi connectivity index (χ0) is 16.6. The molecule has 0 bridgehead atoms. The molecule has 2 aromatic rings. The standard InChI is InChI=1S/C18H15FN2O2/c1-21(2)16-15(20-12-9-7-11(19)8-10-12)17(22)13-5-3-4-6-14(13)18(16)23/h3-10,20H,1-2H3. The molecule has 0 aromatic heterocycles. The first-order valence-corrected chi connectivity index (χ1v) is 7.11. The number of nitrogens with zero attached hydrogens (tertiary/aromatic N) is 1. The number of Topliss-reactive ketones (excluding diaryl/α,β-unsaturated/α-hetero) is 2. The number of halogens is 1. The summed E-state index contributed by atoms with van der Waals surface area (Å²) in [5.41, 5.74) is 1.79. The Morgan fingerprint density at radius 3 is 2.00 bits per heavy atom. The van der Waals surface area contributed by atoms with Crippen molar-refractivity contribution in [2.75, 3.05) is 19.4 Å². The van der Waals surface area contributed by atoms with E-state index < -0.39 is 0 Å². The van der Waals surface area contributed by atoms with Crippen molar-refractivity contribution in [1.29, 1.82) is 0 Å². The first kappa shape index (κ1) is 15.0. The number of fused-ring (bicyclic) bond motifs is 1. The molecule has 0 spiro atoms. The van der Waals surface area contributed by atoms with Gasteiger partial charge in [-0.25, -0.2) is 4.39 Å². The van der Waals surface area contributed by atoms with Gasteiger partial charge in [0.05, 0.1) is 0 Å². The van der Waals surface area contributed by atoms with Crippen molar-refractivity contribution < 1.29 is 14.0 Å². The number of carbonyl (C=O) groups is 2. The summed E-state index contributed by atoms with van der Waals surface area (Å²) in [4.78, 5) is 27.1. The monoisotopic (exact) mass is 310 g/mol. The highest BCUT2D eigenvalue weighted by molar-refractivity contribution is 6.27. The molecule has 2 aromatic carbocycles. The van der Waals surface area contributed by atoms with Crippen molar-refractivity contribution in [3.63, 3.8) is 0 Å². The number of allylic oxidation sites excluding steroid dienone is 2. The van der Waals surface area contributed by atoms with Crippen molar-refractivity contribution in [3.05, 3.63) is 76.9 Å². The molecule has 23 heavy (non-hydrogen) atoms. The molecule has 1 aliphatic rings. The summed E-state index contributed by atoms with van der Waals surface area (Å²) in [7, 11) is 3.42. The Hall–Kier alpha value is -2.95. The molecule has 1 N–H and O–H groups in total. The fourth-order valence-corrected chi connectivity index (χ4v) is 2.58. The largest absolute Gasteiger partial charge is 0.373 e. The van der Waals surface area contributed by atoms with E-state index in [4.69, 9.17) is 0 Å². The van der Waals surface area contributed by atoms with Gasteiger partial charge in [0.1, 0.15) is 17.2 Å². The Morgan fingerprint density at radius 2 is 1.43 bits per heavy atom. The van der Waals surface area contributed by atoms with Gasteiger partial charge in [0.2, 0.25) is 11.6 Å². The van der Waals surface area contributed by atoms with Crippen LogP contribution in [0.1, 0.15) is 20.7 Å². The number of hydrogen-bond acceptors (Lipinski definition) is 4. The zero-order valence-electron chi connectivity index (χ0n) is 12.8. The predicted molar refractivity (Wildman–Crippen MR) is 85.8 cm³/mol. The fraction of sp³-hybridized carbons (Fsp3) is 0.111. The minimum Gasteiger partial charge on any atom is -0.373 e. The number of hydrogen-bond donors (Lipinski definition) is 1. The van der Waals surface area contributed by atoms with Crippen LogP contribution in [-0.4, -0.2) is 30.6 Å². The Balaban J connectivity index is 2.10. The SMILES string of the molecule is CN(C)C1=C(Nc2ccc(F)cc2)C(=O)c2ccccc2C1=O. The molecule has 0 radical (unpaired) electrons. The summed E-state index contributed by atoms with van der Waals surface area (Å²) < 4.78 is 13.0. The molecular weight excluding hydrogens is 295 g/mol. The van der Waals surface area contributed by atoms with E-state index in [9.17, 15) is 14.0 Å². The normalized spacial score (nSPS) is 13.9. The van der Waals surface area contributed by atoms with E-state index in [-0.39, 0.29) is 28.8 Å². The maximum atomic E-state index is 13.0. The first-order valence-electron chi connectivity index (χ1n) is 7.11. The summed E-state index contributed by atoms with van der Waals surface area (Å²) in [6.45, 7) is 0. The van der Waals surface area contributed by atoms with Crippen LogP contribution in [-0.2, 0) is 0 Å². The van der Waals surface area contributed by atoms with E-state index >= 15 is 0 Å². The van der Waals surface area contributed by atoms with Gasteiger partial charge in [0.15, 0.2) is 0 Å². The molecule has 116 valence electrons. The molecule has 0 heterocycles. The topological polar surface area (TPSA) is 49.4 Å². The highest BCUT2D eigenvalue weighted by atomic mass is 19.1. The van der Waals surface area contributed by atoms with Crippen LogP contribution in [0.3, 0.4) is 0 Å². The summed E-state index contributed by atoms with van der Waals surface area (Å²) in [5.74, 6) is -0.836. The fourth-order valence-electron chi connectivity index (χ4n) is 2.58. The summed E-state index contributed by atoms with van der Waals surface area (Å²) in [6.07, 6.45) is 0. The van der Waals surface area contributed by atoms with E-state index in [1.165, 1.54) is 24.3 Å². The third-order valence-electron chi connectivity index (χ3n) is 3.66. The van der Waals surface area contributed by atoms with Gasteiger partial charge in [0, 0.05) is 30.9 Å². The summed E-state index contributed by atoms with van der Waals surface area (Å²) in [6, 6.07) is 12.4. The van der Waals surface area contributed by atoms with E-state index in [1.807, 2.05) is 0 Å². The van der Waals surface area contributed by atoms with Crippen LogP contribution in [0.2, 0.25) is 0 Å². The van der Waals surface area contributed by atoms with E-state index in [0.717, 1.165) is 0 Å². The molecule has 1 aliphatic carbocycles. The average molecular weight is 310 g/mol. The number of rotatable bonds is 3. The van der Waals surface area contributed by atoms with Gasteiger partial charge in [-0.15, -0.1) is 0 Å². The van der Waals surface area contributed by atoms with Crippen LogP contribution in [0.15, 0.2) is 59.9 Å². The number of anilines is 1. The lowest BCUT2D eigenvalue weighted by Crippen LogP contribution is -2.32. The third-order valence-corrected chi connectivity index (χ3v) is 3.66. The molecule has 0 saturated heterocycles. The minimum atomic E-state index is -0.367. The molecule has 0 amide bonds. The molecule has 5 heteroatoms. The molecule has 0 atom stereocenters. The number of nitrogens with one attached hydrogen (secondary N) is 1. The van der Waals surface area contributed by atoms with E-state index in [2.05, 4.69) is 5.32 Å². The van der Waals surface area contributed by atoms with Crippen molar-refractivity contribution >= 4 is 17.3 Å².